The van der Waals surface area contributed by atoms with Crippen molar-refractivity contribution in [2.75, 3.05) is 0 Å². The molecule has 5 aromatic heterocycles. The molecule has 0 radical (unpaired) electrons. The first kappa shape index (κ1) is 37.8. The molecule has 6 aromatic carbocycles. The normalized spacial score (nSPS) is 11.5. The number of aromatic nitrogens is 7. The van der Waals surface area contributed by atoms with E-state index in [-0.39, 0.29) is 0 Å². The van der Waals surface area contributed by atoms with Gasteiger partial charge >= 0.3 is 0 Å². The van der Waals surface area contributed by atoms with Gasteiger partial charge in [0, 0.05) is 27.6 Å². The van der Waals surface area contributed by atoms with Crippen LogP contribution < -0.4 is 18.6 Å². The molecule has 0 aliphatic rings. The average molecular weight is 822 g/mol. The van der Waals surface area contributed by atoms with Crippen LogP contribution in [0.1, 0.15) is 22.5 Å². The minimum Gasteiger partial charge on any atom is -0.438 e. The second-order valence-corrected chi connectivity index (χ2v) is 16.1. The number of rotatable bonds is 11. The first-order valence-corrected chi connectivity index (χ1v) is 21.1. The van der Waals surface area contributed by atoms with Crippen LogP contribution in [0.15, 0.2) is 189 Å². The molecule has 0 unspecified atom stereocenters. The predicted molar refractivity (Wildman–Crippen MR) is 247 cm³/mol. The number of hydrogen-bond donors (Lipinski definition) is 0. The van der Waals surface area contributed by atoms with Gasteiger partial charge in [-0.05, 0) is 77.0 Å². The van der Waals surface area contributed by atoms with Crippen molar-refractivity contribution in [2.45, 2.75) is 26.6 Å². The Morgan fingerprint density at radius 3 is 1.59 bits per heavy atom. The Balaban J connectivity index is 1.06. The fourth-order valence-corrected chi connectivity index (χ4v) is 8.57. The Labute approximate surface area is 364 Å². The zero-order valence-corrected chi connectivity index (χ0v) is 35.0. The maximum atomic E-state index is 7.20. The van der Waals surface area contributed by atoms with Crippen LogP contribution in [0, 0.1) is 6.92 Å². The summed E-state index contributed by atoms with van der Waals surface area (Å²) in [5, 5.41) is 6.31. The molecule has 0 fully saturated rings. The van der Waals surface area contributed by atoms with Gasteiger partial charge in [0.05, 0.1) is 34.9 Å². The molecule has 0 atom stereocenters. The van der Waals surface area contributed by atoms with Gasteiger partial charge in [-0.1, -0.05) is 103 Å². The fraction of sp³-hybridized carbons (Fsp3) is 0.0926. The number of fused-ring (bicyclic) bond motifs is 4. The molecule has 5 heterocycles. The second kappa shape index (κ2) is 16.0. The van der Waals surface area contributed by atoms with E-state index in [0.717, 1.165) is 77.0 Å². The average Bonchev–Trinajstić information content (AvgIpc) is 3.93. The minimum absolute atomic E-state index is 0.534. The summed E-state index contributed by atoms with van der Waals surface area (Å²) in [6.45, 7) is 3.82. The molecule has 0 saturated carbocycles. The highest BCUT2D eigenvalue weighted by molar-refractivity contribution is 6.10. The van der Waals surface area contributed by atoms with Gasteiger partial charge in [0.15, 0.2) is 0 Å². The lowest BCUT2D eigenvalue weighted by atomic mass is 9.92. The summed E-state index contributed by atoms with van der Waals surface area (Å²) in [6.07, 6.45) is 12.4. The molecule has 0 saturated heterocycles. The van der Waals surface area contributed by atoms with Gasteiger partial charge in [0.2, 0.25) is 24.4 Å². The maximum Gasteiger partial charge on any atom is 0.244 e. The Kier molecular flexibility index (Phi) is 9.61. The number of imidazole rings is 2. The van der Waals surface area contributed by atoms with Crippen molar-refractivity contribution >= 4 is 43.4 Å². The van der Waals surface area contributed by atoms with Gasteiger partial charge < -0.3 is 9.47 Å². The number of para-hydroxylation sites is 2. The monoisotopic (exact) mass is 821 g/mol. The molecular weight excluding hydrogens is 779 g/mol. The van der Waals surface area contributed by atoms with Crippen molar-refractivity contribution in [3.63, 3.8) is 0 Å². The second-order valence-electron chi connectivity index (χ2n) is 16.1. The molecule has 0 aliphatic heterocycles. The zero-order chi connectivity index (χ0) is 42.3. The maximum absolute atomic E-state index is 7.20. The van der Waals surface area contributed by atoms with E-state index in [2.05, 4.69) is 154 Å². The van der Waals surface area contributed by atoms with E-state index < -0.39 is 0 Å². The Bertz CT molecular complexity index is 3500. The van der Waals surface area contributed by atoms with E-state index >= 15 is 0 Å². The molecule has 0 amide bonds. The topological polar surface area (TPSA) is 74.8 Å². The SMILES string of the molecule is Cc1cccc(C[n+]2ccn(Cc3cc4ccccc4nc3Oc3ccc4ccccc4c3-c3c(Oc4nc5ccccc5cc4Cn4cc[n+](C)c4)ccc4ccccc34)c2)n1. The third kappa shape index (κ3) is 7.61. The predicted octanol–water partition coefficient (Wildman–Crippen LogP) is 10.9. The standard InChI is InChI=1S/C54H43N7O2/c1-37-12-11-17-44(55-37)34-61-29-28-60(36-61)33-43-31-41-16-6-10-21-48(41)57-54(43)63-50-25-23-39-14-4-8-19-46(39)52(50)51-45-18-7-3-13-38(45)22-24-49(51)62-53-42(32-59-27-26-58(2)35-59)30-40-15-5-9-20-47(40)56-53/h3-31,35-36H,32-34H2,1-2H3/q+2. The van der Waals surface area contributed by atoms with Crippen molar-refractivity contribution in [1.29, 1.82) is 0 Å². The first-order chi connectivity index (χ1) is 31.0. The van der Waals surface area contributed by atoms with Crippen molar-refractivity contribution in [3.05, 3.63) is 212 Å². The highest BCUT2D eigenvalue weighted by Gasteiger charge is 2.24. The van der Waals surface area contributed by atoms with Crippen LogP contribution in [0.25, 0.3) is 54.5 Å². The van der Waals surface area contributed by atoms with Gasteiger partial charge in [0.25, 0.3) is 0 Å². The quantitative estimate of drug-likeness (QED) is 0.122. The van der Waals surface area contributed by atoms with Gasteiger partial charge in [-0.25, -0.2) is 28.2 Å². The Morgan fingerprint density at radius 2 is 1.03 bits per heavy atom. The highest BCUT2D eigenvalue weighted by atomic mass is 16.5. The molecule has 0 aliphatic carbocycles. The van der Waals surface area contributed by atoms with E-state index in [1.807, 2.05) is 67.2 Å². The van der Waals surface area contributed by atoms with Crippen molar-refractivity contribution in [2.24, 2.45) is 7.05 Å². The molecular formula is C54H43N7O2+2. The number of hydrogen-bond acceptors (Lipinski definition) is 5. The van der Waals surface area contributed by atoms with Gasteiger partial charge in [-0.2, -0.15) is 0 Å². The Morgan fingerprint density at radius 1 is 0.508 bits per heavy atom. The van der Waals surface area contributed by atoms with Crippen LogP contribution in [-0.2, 0) is 26.7 Å². The fourth-order valence-electron chi connectivity index (χ4n) is 8.57. The molecule has 63 heavy (non-hydrogen) atoms. The smallest absolute Gasteiger partial charge is 0.244 e. The molecule has 0 N–H and O–H groups in total. The van der Waals surface area contributed by atoms with E-state index in [0.29, 0.717) is 42.9 Å². The minimum atomic E-state index is 0.534. The summed E-state index contributed by atoms with van der Waals surface area (Å²) in [5.41, 5.74) is 7.46. The van der Waals surface area contributed by atoms with E-state index in [1.54, 1.807) is 0 Å². The number of benzene rings is 6. The molecule has 9 heteroatoms. The van der Waals surface area contributed by atoms with Crippen LogP contribution in [-0.4, -0.2) is 24.1 Å². The summed E-state index contributed by atoms with van der Waals surface area (Å²) >= 11 is 0. The van der Waals surface area contributed by atoms with Crippen LogP contribution in [0.2, 0.25) is 0 Å². The summed E-state index contributed by atoms with van der Waals surface area (Å²) in [7, 11) is 2.02. The van der Waals surface area contributed by atoms with Crippen molar-refractivity contribution < 1.29 is 18.6 Å². The number of nitrogens with zero attached hydrogens (tertiary/aromatic N) is 7. The first-order valence-electron chi connectivity index (χ1n) is 21.1. The summed E-state index contributed by atoms with van der Waals surface area (Å²) in [4.78, 5) is 15.1. The number of aryl methyl sites for hydroxylation is 2. The lowest BCUT2D eigenvalue weighted by Crippen LogP contribution is -2.32. The molecule has 11 rings (SSSR count). The van der Waals surface area contributed by atoms with Crippen LogP contribution in [0.3, 0.4) is 0 Å². The molecule has 11 aromatic rings. The van der Waals surface area contributed by atoms with Gasteiger partial charge in [0.1, 0.15) is 55.9 Å². The van der Waals surface area contributed by atoms with Crippen molar-refractivity contribution in [3.8, 4) is 34.4 Å². The van der Waals surface area contributed by atoms with Gasteiger partial charge in [-0.15, -0.1) is 0 Å². The molecule has 0 spiro atoms. The summed E-state index contributed by atoms with van der Waals surface area (Å²) < 4.78 is 22.8. The van der Waals surface area contributed by atoms with E-state index in [4.69, 9.17) is 24.4 Å². The highest BCUT2D eigenvalue weighted by Crippen LogP contribution is 2.48. The molecule has 0 bridgehead atoms. The van der Waals surface area contributed by atoms with E-state index in [9.17, 15) is 0 Å². The third-order valence-electron chi connectivity index (χ3n) is 11.5. The zero-order valence-electron chi connectivity index (χ0n) is 35.0. The van der Waals surface area contributed by atoms with Crippen LogP contribution >= 0.6 is 0 Å². The number of ether oxygens (including phenoxy) is 2. The Hall–Kier alpha value is -8.17. The summed E-state index contributed by atoms with van der Waals surface area (Å²) in [6, 6.07) is 52.1. The van der Waals surface area contributed by atoms with Crippen molar-refractivity contribution in [1.82, 2.24) is 24.1 Å². The summed E-state index contributed by atoms with van der Waals surface area (Å²) in [5.74, 6) is 2.42. The third-order valence-corrected chi connectivity index (χ3v) is 11.5. The molecule has 304 valence electrons. The largest absolute Gasteiger partial charge is 0.438 e. The van der Waals surface area contributed by atoms with Crippen LogP contribution in [0.4, 0.5) is 0 Å². The lowest BCUT2D eigenvalue weighted by Gasteiger charge is -2.20. The van der Waals surface area contributed by atoms with E-state index in [1.165, 1.54) is 0 Å². The van der Waals surface area contributed by atoms with Crippen LogP contribution in [0.5, 0.6) is 23.3 Å². The molecule has 9 nitrogen and oxygen atoms in total. The number of pyridine rings is 3. The van der Waals surface area contributed by atoms with Gasteiger partial charge in [-0.3, -0.25) is 4.98 Å². The lowest BCUT2D eigenvalue weighted by molar-refractivity contribution is -0.688.